The molecule has 94 valence electrons. The van der Waals surface area contributed by atoms with Crippen molar-refractivity contribution in [3.05, 3.63) is 34.9 Å². The molecule has 0 saturated heterocycles. The first kappa shape index (κ1) is 14.4. The van der Waals surface area contributed by atoms with E-state index in [2.05, 4.69) is 22.9 Å². The maximum Gasteiger partial charge on any atom is 0.188 e. The molecule has 1 N–H and O–H groups in total. The molecule has 3 heteroatoms. The first-order valence-electron chi connectivity index (χ1n) is 6.04. The Kier molecular flexibility index (Phi) is 6.45. The van der Waals surface area contributed by atoms with Crippen LogP contribution in [0.15, 0.2) is 18.2 Å². The summed E-state index contributed by atoms with van der Waals surface area (Å²) in [7, 11) is 0. The van der Waals surface area contributed by atoms with E-state index in [0.29, 0.717) is 5.56 Å². The van der Waals surface area contributed by atoms with Crippen LogP contribution in [-0.2, 0) is 12.8 Å². The molecule has 0 heterocycles. The van der Waals surface area contributed by atoms with Crippen LogP contribution in [-0.4, -0.2) is 22.8 Å². The van der Waals surface area contributed by atoms with E-state index in [0.717, 1.165) is 31.0 Å². The molecule has 0 aromatic heterocycles. The van der Waals surface area contributed by atoms with E-state index < -0.39 is 6.61 Å². The van der Waals surface area contributed by atoms with Crippen LogP contribution in [0.1, 0.15) is 41.3 Å². The average Bonchev–Trinajstić information content (AvgIpc) is 2.36. The zero-order valence-electron chi connectivity index (χ0n) is 10.2. The summed E-state index contributed by atoms with van der Waals surface area (Å²) < 4.78 is 0. The lowest BCUT2D eigenvalue weighted by Gasteiger charge is -2.10. The molecular formula is C14H19BrO2. The highest BCUT2D eigenvalue weighted by Gasteiger charge is 2.08. The van der Waals surface area contributed by atoms with Crippen molar-refractivity contribution in [1.82, 2.24) is 0 Å². The van der Waals surface area contributed by atoms with E-state index in [9.17, 15) is 4.79 Å². The van der Waals surface area contributed by atoms with Gasteiger partial charge in [-0.25, -0.2) is 0 Å². The molecule has 0 aliphatic heterocycles. The highest BCUT2D eigenvalue weighted by atomic mass is 79.9. The largest absolute Gasteiger partial charge is 0.388 e. The van der Waals surface area contributed by atoms with Crippen molar-refractivity contribution in [2.24, 2.45) is 0 Å². The summed E-state index contributed by atoms with van der Waals surface area (Å²) in [5.74, 6) is -0.200. The minimum Gasteiger partial charge on any atom is -0.388 e. The molecule has 0 unspecified atom stereocenters. The first-order valence-corrected chi connectivity index (χ1v) is 7.16. The molecule has 0 atom stereocenters. The zero-order valence-corrected chi connectivity index (χ0v) is 11.8. The molecule has 1 rings (SSSR count). The second-order valence-corrected chi connectivity index (χ2v) is 4.90. The third-order valence-corrected chi connectivity index (χ3v) is 3.33. The van der Waals surface area contributed by atoms with E-state index in [4.69, 9.17) is 5.11 Å². The van der Waals surface area contributed by atoms with Gasteiger partial charge in [0.2, 0.25) is 0 Å². The maximum absolute atomic E-state index is 11.4. The van der Waals surface area contributed by atoms with Crippen molar-refractivity contribution in [2.45, 2.75) is 32.6 Å². The number of aliphatic hydroxyl groups is 1. The summed E-state index contributed by atoms with van der Waals surface area (Å²) in [6.07, 6.45) is 4.19. The van der Waals surface area contributed by atoms with Crippen LogP contribution >= 0.6 is 15.9 Å². The fourth-order valence-corrected chi connectivity index (χ4v) is 2.17. The van der Waals surface area contributed by atoms with E-state index in [1.807, 2.05) is 18.2 Å². The van der Waals surface area contributed by atoms with Gasteiger partial charge in [-0.15, -0.1) is 0 Å². The smallest absolute Gasteiger partial charge is 0.188 e. The number of hydrogen-bond donors (Lipinski definition) is 1. The van der Waals surface area contributed by atoms with Crippen LogP contribution in [0.5, 0.6) is 0 Å². The molecule has 0 radical (unpaired) electrons. The molecule has 0 saturated carbocycles. The first-order chi connectivity index (χ1) is 8.22. The zero-order chi connectivity index (χ0) is 12.7. The third kappa shape index (κ3) is 4.25. The van der Waals surface area contributed by atoms with Gasteiger partial charge in [-0.2, -0.15) is 0 Å². The summed E-state index contributed by atoms with van der Waals surface area (Å²) in [6.45, 7) is 1.72. The number of benzene rings is 1. The van der Waals surface area contributed by atoms with Crippen LogP contribution in [0.25, 0.3) is 0 Å². The molecule has 0 aliphatic carbocycles. The summed E-state index contributed by atoms with van der Waals surface area (Å²) >= 11 is 3.43. The highest BCUT2D eigenvalue weighted by molar-refractivity contribution is 9.09. The van der Waals surface area contributed by atoms with Crippen LogP contribution in [0.2, 0.25) is 0 Å². The summed E-state index contributed by atoms with van der Waals surface area (Å²) in [5.41, 5.74) is 3.19. The van der Waals surface area contributed by atoms with E-state index >= 15 is 0 Å². The van der Waals surface area contributed by atoms with Gasteiger partial charge in [0.1, 0.15) is 6.61 Å². The van der Waals surface area contributed by atoms with E-state index in [1.165, 1.54) is 11.1 Å². The van der Waals surface area contributed by atoms with Crippen molar-refractivity contribution in [3.8, 4) is 0 Å². The quantitative estimate of drug-likeness (QED) is 0.620. The van der Waals surface area contributed by atoms with Gasteiger partial charge in [0.25, 0.3) is 0 Å². The molecule has 17 heavy (non-hydrogen) atoms. The number of carbonyl (C=O) groups excluding carboxylic acids is 1. The van der Waals surface area contributed by atoms with Gasteiger partial charge in [0.05, 0.1) is 0 Å². The van der Waals surface area contributed by atoms with Crippen molar-refractivity contribution >= 4 is 21.7 Å². The van der Waals surface area contributed by atoms with Crippen LogP contribution in [0.4, 0.5) is 0 Å². The summed E-state index contributed by atoms with van der Waals surface area (Å²) in [4.78, 5) is 11.4. The van der Waals surface area contributed by atoms with Gasteiger partial charge in [-0.3, -0.25) is 4.79 Å². The average molecular weight is 299 g/mol. The molecule has 0 bridgehead atoms. The lowest BCUT2D eigenvalue weighted by atomic mass is 9.96. The molecule has 1 aromatic rings. The third-order valence-electron chi connectivity index (χ3n) is 2.77. The van der Waals surface area contributed by atoms with Gasteiger partial charge >= 0.3 is 0 Å². The molecule has 1 aromatic carbocycles. The maximum atomic E-state index is 11.4. The summed E-state index contributed by atoms with van der Waals surface area (Å²) in [5, 5.41) is 9.86. The number of Topliss-reactive ketones (excluding diaryl/α,β-unsaturated/α-hetero) is 1. The normalized spacial score (nSPS) is 10.5. The minimum absolute atomic E-state index is 0.200. The molecule has 0 fully saturated rings. The predicted octanol–water partition coefficient (Wildman–Crippen LogP) is 3.14. The number of aliphatic hydroxyl groups excluding tert-OH is 1. The molecule has 2 nitrogen and oxygen atoms in total. The molecule has 0 amide bonds. The summed E-state index contributed by atoms with van der Waals surface area (Å²) in [6, 6.07) is 5.78. The van der Waals surface area contributed by atoms with Gasteiger partial charge in [0, 0.05) is 10.9 Å². The van der Waals surface area contributed by atoms with Crippen LogP contribution < -0.4 is 0 Å². The molecule has 0 aliphatic rings. The Bertz CT molecular complexity index is 374. The predicted molar refractivity (Wildman–Crippen MR) is 74.0 cm³/mol. The van der Waals surface area contributed by atoms with Gasteiger partial charge < -0.3 is 5.11 Å². The van der Waals surface area contributed by atoms with Crippen molar-refractivity contribution in [3.63, 3.8) is 0 Å². The second-order valence-electron chi connectivity index (χ2n) is 4.11. The van der Waals surface area contributed by atoms with Gasteiger partial charge in [-0.1, -0.05) is 41.4 Å². The standard InChI is InChI=1S/C14H19BrO2/c1-2-4-12-9-13(14(17)10-16)7-6-11(12)5-3-8-15/h6-7,9,16H,2-5,8,10H2,1H3. The Morgan fingerprint density at radius 1 is 1.29 bits per heavy atom. The Hall–Kier alpha value is -0.670. The lowest BCUT2D eigenvalue weighted by Crippen LogP contribution is -2.06. The van der Waals surface area contributed by atoms with Crippen molar-refractivity contribution in [2.75, 3.05) is 11.9 Å². The Morgan fingerprint density at radius 2 is 2.06 bits per heavy atom. The Labute approximate surface area is 111 Å². The van der Waals surface area contributed by atoms with E-state index in [-0.39, 0.29) is 5.78 Å². The lowest BCUT2D eigenvalue weighted by molar-refractivity contribution is 0.0903. The number of halogens is 1. The van der Waals surface area contributed by atoms with Crippen LogP contribution in [0.3, 0.4) is 0 Å². The van der Waals surface area contributed by atoms with Crippen molar-refractivity contribution < 1.29 is 9.90 Å². The Balaban J connectivity index is 2.94. The second kappa shape index (κ2) is 7.62. The van der Waals surface area contributed by atoms with Crippen molar-refractivity contribution in [1.29, 1.82) is 0 Å². The number of ketones is 1. The number of aryl methyl sites for hydroxylation is 2. The monoisotopic (exact) mass is 298 g/mol. The number of rotatable bonds is 7. The number of hydrogen-bond acceptors (Lipinski definition) is 2. The van der Waals surface area contributed by atoms with Crippen LogP contribution in [0, 0.1) is 0 Å². The SMILES string of the molecule is CCCc1cc(C(=O)CO)ccc1CCCBr. The van der Waals surface area contributed by atoms with E-state index in [1.54, 1.807) is 0 Å². The fourth-order valence-electron chi connectivity index (χ4n) is 1.89. The topological polar surface area (TPSA) is 37.3 Å². The minimum atomic E-state index is -0.410. The number of alkyl halides is 1. The molecule has 0 spiro atoms. The van der Waals surface area contributed by atoms with Gasteiger partial charge in [0.15, 0.2) is 5.78 Å². The highest BCUT2D eigenvalue weighted by Crippen LogP contribution is 2.17. The Morgan fingerprint density at radius 3 is 2.65 bits per heavy atom. The number of carbonyl (C=O) groups is 1. The fraction of sp³-hybridized carbons (Fsp3) is 0.500. The molecular weight excluding hydrogens is 280 g/mol. The van der Waals surface area contributed by atoms with Gasteiger partial charge in [-0.05, 0) is 36.5 Å².